The Bertz CT molecular complexity index is 1150. The van der Waals surface area contributed by atoms with Gasteiger partial charge in [0.2, 0.25) is 0 Å². The van der Waals surface area contributed by atoms with Crippen molar-refractivity contribution in [1.82, 2.24) is 14.5 Å². The Morgan fingerprint density at radius 2 is 1.67 bits per heavy atom. The van der Waals surface area contributed by atoms with E-state index < -0.39 is 5.60 Å². The molecule has 2 aromatic carbocycles. The van der Waals surface area contributed by atoms with Gasteiger partial charge in [-0.25, -0.2) is 4.98 Å². The summed E-state index contributed by atoms with van der Waals surface area (Å²) in [5, 5.41) is 11.9. The van der Waals surface area contributed by atoms with Gasteiger partial charge < -0.3 is 9.67 Å². The second-order valence-corrected chi connectivity index (χ2v) is 9.05. The van der Waals surface area contributed by atoms with Crippen LogP contribution in [0.2, 0.25) is 5.02 Å². The second-order valence-electron chi connectivity index (χ2n) is 7.56. The molecule has 152 valence electrons. The molecule has 0 bridgehead atoms. The van der Waals surface area contributed by atoms with Crippen molar-refractivity contribution in [3.05, 3.63) is 83.5 Å². The SMILES string of the molecule is Cn1c(-c2ccccn2)nc(Sc2ccc(Cl)cc2)c1-c1ccc(C(C)(C)O)cc1. The molecule has 30 heavy (non-hydrogen) atoms. The van der Waals surface area contributed by atoms with Gasteiger partial charge in [0, 0.05) is 28.7 Å². The molecule has 0 atom stereocenters. The van der Waals surface area contributed by atoms with Crippen LogP contribution in [-0.4, -0.2) is 19.6 Å². The lowest BCUT2D eigenvalue weighted by Gasteiger charge is -2.18. The Morgan fingerprint density at radius 3 is 2.27 bits per heavy atom. The van der Waals surface area contributed by atoms with Crippen molar-refractivity contribution in [2.24, 2.45) is 7.05 Å². The first kappa shape index (κ1) is 20.7. The van der Waals surface area contributed by atoms with Gasteiger partial charge in [-0.2, -0.15) is 0 Å². The third-order valence-electron chi connectivity index (χ3n) is 4.85. The molecule has 2 heterocycles. The fraction of sp³-hybridized carbons (Fsp3) is 0.167. The van der Waals surface area contributed by atoms with Crippen molar-refractivity contribution in [3.8, 4) is 22.8 Å². The van der Waals surface area contributed by atoms with Crippen molar-refractivity contribution < 1.29 is 5.11 Å². The normalized spacial score (nSPS) is 11.6. The van der Waals surface area contributed by atoms with E-state index in [2.05, 4.69) is 9.55 Å². The average Bonchev–Trinajstić information content (AvgIpc) is 3.05. The molecule has 0 amide bonds. The van der Waals surface area contributed by atoms with Crippen LogP contribution >= 0.6 is 23.4 Å². The molecule has 0 radical (unpaired) electrons. The monoisotopic (exact) mass is 435 g/mol. The van der Waals surface area contributed by atoms with E-state index in [1.54, 1.807) is 31.8 Å². The lowest BCUT2D eigenvalue weighted by molar-refractivity contribution is 0.0786. The first-order chi connectivity index (χ1) is 14.3. The smallest absolute Gasteiger partial charge is 0.160 e. The van der Waals surface area contributed by atoms with Crippen LogP contribution in [0.15, 0.2) is 82.8 Å². The second kappa shape index (κ2) is 8.26. The molecule has 0 aliphatic rings. The van der Waals surface area contributed by atoms with Crippen molar-refractivity contribution in [2.75, 3.05) is 0 Å². The van der Waals surface area contributed by atoms with E-state index in [1.807, 2.05) is 73.8 Å². The number of benzene rings is 2. The van der Waals surface area contributed by atoms with Gasteiger partial charge >= 0.3 is 0 Å². The van der Waals surface area contributed by atoms with E-state index in [9.17, 15) is 5.11 Å². The number of hydrogen-bond acceptors (Lipinski definition) is 4. The van der Waals surface area contributed by atoms with E-state index in [0.29, 0.717) is 5.02 Å². The van der Waals surface area contributed by atoms with Crippen LogP contribution in [0.3, 0.4) is 0 Å². The topological polar surface area (TPSA) is 50.9 Å². The number of aromatic nitrogens is 3. The van der Waals surface area contributed by atoms with E-state index in [1.165, 1.54) is 0 Å². The molecule has 4 nitrogen and oxygen atoms in total. The fourth-order valence-corrected chi connectivity index (χ4v) is 4.34. The third kappa shape index (κ3) is 4.29. The predicted molar refractivity (Wildman–Crippen MR) is 123 cm³/mol. The fourth-order valence-electron chi connectivity index (χ4n) is 3.24. The predicted octanol–water partition coefficient (Wildman–Crippen LogP) is 6.18. The van der Waals surface area contributed by atoms with Crippen LogP contribution in [0.4, 0.5) is 0 Å². The van der Waals surface area contributed by atoms with Crippen LogP contribution in [0.25, 0.3) is 22.8 Å². The first-order valence-electron chi connectivity index (χ1n) is 9.58. The molecular formula is C24H22ClN3OS. The minimum Gasteiger partial charge on any atom is -0.386 e. The molecule has 6 heteroatoms. The Labute approximate surface area is 185 Å². The zero-order valence-electron chi connectivity index (χ0n) is 17.0. The van der Waals surface area contributed by atoms with Crippen molar-refractivity contribution in [1.29, 1.82) is 0 Å². The maximum Gasteiger partial charge on any atom is 0.160 e. The number of pyridine rings is 1. The summed E-state index contributed by atoms with van der Waals surface area (Å²) in [4.78, 5) is 10.5. The van der Waals surface area contributed by atoms with E-state index in [-0.39, 0.29) is 0 Å². The van der Waals surface area contributed by atoms with Gasteiger partial charge in [-0.15, -0.1) is 0 Å². The highest BCUT2D eigenvalue weighted by Crippen LogP contribution is 2.38. The highest BCUT2D eigenvalue weighted by atomic mass is 35.5. The molecule has 0 fully saturated rings. The molecule has 0 unspecified atom stereocenters. The van der Waals surface area contributed by atoms with Gasteiger partial charge in [0.25, 0.3) is 0 Å². The van der Waals surface area contributed by atoms with E-state index in [0.717, 1.165) is 38.3 Å². The molecule has 0 aliphatic heterocycles. The molecule has 4 rings (SSSR count). The number of rotatable bonds is 5. The van der Waals surface area contributed by atoms with E-state index in [4.69, 9.17) is 16.6 Å². The van der Waals surface area contributed by atoms with Gasteiger partial charge in [-0.3, -0.25) is 4.98 Å². The summed E-state index contributed by atoms with van der Waals surface area (Å²) in [6.07, 6.45) is 1.77. The molecule has 0 spiro atoms. The van der Waals surface area contributed by atoms with Crippen molar-refractivity contribution in [2.45, 2.75) is 29.4 Å². The Kier molecular flexibility index (Phi) is 5.69. The summed E-state index contributed by atoms with van der Waals surface area (Å²) < 4.78 is 2.07. The minimum absolute atomic E-state index is 0.706. The standard InChI is InChI=1S/C24H22ClN3OS/c1-24(2,29)17-9-7-16(8-10-17)21-23(30-19-13-11-18(25)12-14-19)27-22(28(21)3)20-6-4-5-15-26-20/h4-15,29H,1-3H3. The number of aliphatic hydroxyl groups is 1. The van der Waals surface area contributed by atoms with Gasteiger partial charge in [0.15, 0.2) is 5.82 Å². The molecular weight excluding hydrogens is 414 g/mol. The maximum absolute atomic E-state index is 10.3. The summed E-state index contributed by atoms with van der Waals surface area (Å²) in [6, 6.07) is 21.5. The van der Waals surface area contributed by atoms with Crippen LogP contribution in [-0.2, 0) is 12.6 Å². The van der Waals surface area contributed by atoms with Crippen LogP contribution in [0.1, 0.15) is 19.4 Å². The molecule has 0 aliphatic carbocycles. The summed E-state index contributed by atoms with van der Waals surface area (Å²) in [7, 11) is 2.00. The lowest BCUT2D eigenvalue weighted by Crippen LogP contribution is -2.15. The Morgan fingerprint density at radius 1 is 0.967 bits per heavy atom. The highest BCUT2D eigenvalue weighted by Gasteiger charge is 2.21. The molecule has 1 N–H and O–H groups in total. The third-order valence-corrected chi connectivity index (χ3v) is 6.09. The number of nitrogens with zero attached hydrogens (tertiary/aromatic N) is 3. The Balaban J connectivity index is 1.82. The largest absolute Gasteiger partial charge is 0.386 e. The number of halogens is 1. The average molecular weight is 436 g/mol. The van der Waals surface area contributed by atoms with Gasteiger partial charge in [0.1, 0.15) is 10.7 Å². The van der Waals surface area contributed by atoms with Gasteiger partial charge in [-0.05, 0) is 55.8 Å². The van der Waals surface area contributed by atoms with Gasteiger partial charge in [-0.1, -0.05) is 53.7 Å². The minimum atomic E-state index is -0.884. The molecule has 0 saturated heterocycles. The zero-order chi connectivity index (χ0) is 21.3. The quantitative estimate of drug-likeness (QED) is 0.406. The number of imidazole rings is 1. The highest BCUT2D eigenvalue weighted by molar-refractivity contribution is 7.99. The summed E-state index contributed by atoms with van der Waals surface area (Å²) in [5.74, 6) is 0.800. The summed E-state index contributed by atoms with van der Waals surface area (Å²) >= 11 is 7.63. The van der Waals surface area contributed by atoms with Crippen LogP contribution in [0.5, 0.6) is 0 Å². The summed E-state index contributed by atoms with van der Waals surface area (Å²) in [6.45, 7) is 3.57. The first-order valence-corrected chi connectivity index (χ1v) is 10.8. The van der Waals surface area contributed by atoms with Crippen molar-refractivity contribution in [3.63, 3.8) is 0 Å². The molecule has 2 aromatic heterocycles. The van der Waals surface area contributed by atoms with Gasteiger partial charge in [0.05, 0.1) is 11.3 Å². The lowest BCUT2D eigenvalue weighted by atomic mass is 9.97. The maximum atomic E-state index is 10.3. The summed E-state index contributed by atoms with van der Waals surface area (Å²) in [5.41, 5.74) is 2.82. The number of hydrogen-bond donors (Lipinski definition) is 1. The molecule has 0 saturated carbocycles. The van der Waals surface area contributed by atoms with E-state index >= 15 is 0 Å². The van der Waals surface area contributed by atoms with Crippen LogP contribution < -0.4 is 0 Å². The Hall–Kier alpha value is -2.60. The molecule has 4 aromatic rings. The zero-order valence-corrected chi connectivity index (χ0v) is 18.6. The van der Waals surface area contributed by atoms with Crippen molar-refractivity contribution >= 4 is 23.4 Å². The van der Waals surface area contributed by atoms with Crippen LogP contribution in [0, 0.1) is 0 Å².